The summed E-state index contributed by atoms with van der Waals surface area (Å²) < 4.78 is 34.2. The lowest BCUT2D eigenvalue weighted by Gasteiger charge is -2.51. The van der Waals surface area contributed by atoms with Gasteiger partial charge in [-0.15, -0.1) is 0 Å². The van der Waals surface area contributed by atoms with Crippen LogP contribution in [0.2, 0.25) is 0 Å². The minimum atomic E-state index is -3.90. The third kappa shape index (κ3) is 5.06. The largest absolute Gasteiger partial charge is 0.459 e. The van der Waals surface area contributed by atoms with Crippen molar-refractivity contribution in [2.75, 3.05) is 12.9 Å². The van der Waals surface area contributed by atoms with E-state index in [4.69, 9.17) is 8.92 Å². The fraction of sp³-hybridized carbons (Fsp3) is 0.214. The van der Waals surface area contributed by atoms with Gasteiger partial charge >= 0.3 is 5.97 Å². The van der Waals surface area contributed by atoms with Crippen LogP contribution in [0.1, 0.15) is 37.9 Å². The Kier molecular flexibility index (Phi) is 7.02. The number of amides is 3. The molecule has 2 aliphatic rings. The second-order valence-electron chi connectivity index (χ2n) is 9.17. The molecule has 11 heteroatoms. The van der Waals surface area contributed by atoms with Crippen LogP contribution in [0.25, 0.3) is 0 Å². The van der Waals surface area contributed by atoms with Crippen LogP contribution in [0.15, 0.2) is 84.9 Å². The van der Waals surface area contributed by atoms with Crippen LogP contribution in [0.4, 0.5) is 0 Å². The van der Waals surface area contributed by atoms with Crippen LogP contribution in [0.5, 0.6) is 0 Å². The number of carbonyl (C=O) groups is 4. The average Bonchev–Trinajstić information content (AvgIpc) is 3.18. The molecular formula is C28H24N2O8S. The Hall–Kier alpha value is -4.35. The summed E-state index contributed by atoms with van der Waals surface area (Å²) in [5.41, 5.74) is 1.45. The van der Waals surface area contributed by atoms with E-state index in [1.165, 1.54) is 12.1 Å². The van der Waals surface area contributed by atoms with Crippen LogP contribution >= 0.6 is 0 Å². The molecule has 0 unspecified atom stereocenters. The van der Waals surface area contributed by atoms with Crippen LogP contribution in [0, 0.1) is 0 Å². The maximum atomic E-state index is 13.7. The van der Waals surface area contributed by atoms with Gasteiger partial charge in [0.15, 0.2) is 12.1 Å². The second kappa shape index (κ2) is 10.4. The number of fused-ring (bicyclic) bond motifs is 1. The molecule has 0 aliphatic carbocycles. The Bertz CT molecular complexity index is 1510. The summed E-state index contributed by atoms with van der Waals surface area (Å²) in [5.74, 6) is -2.95. The first-order valence-corrected chi connectivity index (χ1v) is 13.9. The number of likely N-dealkylation sites (tertiary alicyclic amines) is 1. The number of carbonyl (C=O) groups excluding carboxylic acids is 4. The highest BCUT2D eigenvalue weighted by molar-refractivity contribution is 7.85. The molecule has 3 aromatic rings. The Morgan fingerprint density at radius 3 is 1.95 bits per heavy atom. The van der Waals surface area contributed by atoms with Crippen molar-refractivity contribution in [3.63, 3.8) is 0 Å². The molecule has 3 aromatic carbocycles. The van der Waals surface area contributed by atoms with E-state index in [-0.39, 0.29) is 17.7 Å². The van der Waals surface area contributed by atoms with Crippen molar-refractivity contribution < 1.29 is 36.5 Å². The predicted molar refractivity (Wildman–Crippen MR) is 138 cm³/mol. The number of imide groups is 1. The summed E-state index contributed by atoms with van der Waals surface area (Å²) in [4.78, 5) is 55.6. The average molecular weight is 549 g/mol. The van der Waals surface area contributed by atoms with Crippen molar-refractivity contribution in [1.29, 1.82) is 0 Å². The van der Waals surface area contributed by atoms with E-state index in [1.807, 2.05) is 6.07 Å². The minimum Gasteiger partial charge on any atom is -0.459 e. The molecule has 200 valence electrons. The normalized spacial score (nSPS) is 19.5. The third-order valence-corrected chi connectivity index (χ3v) is 7.20. The van der Waals surface area contributed by atoms with Crippen molar-refractivity contribution in [3.05, 3.63) is 107 Å². The standard InChI is InChI=1S/C28H24N2O8S/c1-39(35,36)38-17-22(19-12-6-3-7-13-19)29-24(28(34)37-16-18-10-4-2-5-11-18)23(27(29)33)30-25(31)20-14-8-9-15-21(20)26(30)32/h2-15,22-24H,16-17H2,1H3/t22-,23+,24+/m1/s1. The number of hydrogen-bond donors (Lipinski definition) is 0. The monoisotopic (exact) mass is 548 g/mol. The van der Waals surface area contributed by atoms with Crippen molar-refractivity contribution in [2.45, 2.75) is 24.7 Å². The third-order valence-electron chi connectivity index (χ3n) is 6.64. The van der Waals surface area contributed by atoms with Gasteiger partial charge in [0.2, 0.25) is 5.91 Å². The summed E-state index contributed by atoms with van der Waals surface area (Å²) >= 11 is 0. The van der Waals surface area contributed by atoms with Crippen LogP contribution < -0.4 is 0 Å². The highest BCUT2D eigenvalue weighted by Crippen LogP contribution is 2.39. The van der Waals surface area contributed by atoms with Gasteiger partial charge in [0.1, 0.15) is 6.61 Å². The molecule has 10 nitrogen and oxygen atoms in total. The summed E-state index contributed by atoms with van der Waals surface area (Å²) in [6.45, 7) is -0.589. The number of nitrogens with zero attached hydrogens (tertiary/aromatic N) is 2. The van der Waals surface area contributed by atoms with Gasteiger partial charge < -0.3 is 9.64 Å². The number of rotatable bonds is 9. The van der Waals surface area contributed by atoms with Gasteiger partial charge in [-0.3, -0.25) is 23.5 Å². The minimum absolute atomic E-state index is 0.108. The molecule has 0 spiro atoms. The molecule has 2 aliphatic heterocycles. The highest BCUT2D eigenvalue weighted by atomic mass is 32.2. The maximum absolute atomic E-state index is 13.7. The smallest absolute Gasteiger partial charge is 0.331 e. The molecule has 5 rings (SSSR count). The Labute approximate surface area is 224 Å². The van der Waals surface area contributed by atoms with Gasteiger partial charge in [0.25, 0.3) is 21.9 Å². The molecule has 0 radical (unpaired) electrons. The molecule has 0 bridgehead atoms. The Morgan fingerprint density at radius 1 is 0.846 bits per heavy atom. The van der Waals surface area contributed by atoms with Gasteiger partial charge in [-0.1, -0.05) is 72.8 Å². The van der Waals surface area contributed by atoms with Gasteiger partial charge in [-0.2, -0.15) is 8.42 Å². The molecule has 1 saturated heterocycles. The molecule has 3 atom stereocenters. The van der Waals surface area contributed by atoms with Gasteiger partial charge in [-0.25, -0.2) is 4.79 Å². The van der Waals surface area contributed by atoms with Crippen LogP contribution in [-0.4, -0.2) is 66.9 Å². The zero-order valence-electron chi connectivity index (χ0n) is 20.8. The lowest BCUT2D eigenvalue weighted by Crippen LogP contribution is -2.75. The molecule has 0 aromatic heterocycles. The quantitative estimate of drug-likeness (QED) is 0.173. The Morgan fingerprint density at radius 2 is 1.38 bits per heavy atom. The first-order chi connectivity index (χ1) is 18.7. The molecule has 0 N–H and O–H groups in total. The van der Waals surface area contributed by atoms with Crippen LogP contribution in [-0.2, 0) is 35.2 Å². The number of benzene rings is 3. The zero-order chi connectivity index (χ0) is 27.7. The van der Waals surface area contributed by atoms with E-state index in [1.54, 1.807) is 66.7 Å². The van der Waals surface area contributed by atoms with E-state index in [0.29, 0.717) is 11.1 Å². The van der Waals surface area contributed by atoms with E-state index in [2.05, 4.69) is 0 Å². The summed E-state index contributed by atoms with van der Waals surface area (Å²) in [6.07, 6.45) is 0.875. The fourth-order valence-corrected chi connectivity index (χ4v) is 5.19. The summed E-state index contributed by atoms with van der Waals surface area (Å²) in [7, 11) is -3.90. The molecular weight excluding hydrogens is 524 g/mol. The van der Waals surface area contributed by atoms with E-state index in [0.717, 1.165) is 16.1 Å². The van der Waals surface area contributed by atoms with E-state index < -0.39 is 58.5 Å². The van der Waals surface area contributed by atoms with Crippen LogP contribution in [0.3, 0.4) is 0 Å². The van der Waals surface area contributed by atoms with Crippen molar-refractivity contribution in [1.82, 2.24) is 9.80 Å². The van der Waals surface area contributed by atoms with Gasteiger partial charge in [0.05, 0.1) is 30.0 Å². The number of ether oxygens (including phenoxy) is 1. The highest BCUT2D eigenvalue weighted by Gasteiger charge is 2.61. The topological polar surface area (TPSA) is 127 Å². The predicted octanol–water partition coefficient (Wildman–Crippen LogP) is 2.32. The maximum Gasteiger partial charge on any atom is 0.331 e. The lowest BCUT2D eigenvalue weighted by molar-refractivity contribution is -0.179. The molecule has 3 amide bonds. The fourth-order valence-electron chi connectivity index (χ4n) is 4.81. The van der Waals surface area contributed by atoms with Crippen molar-refractivity contribution in [3.8, 4) is 0 Å². The van der Waals surface area contributed by atoms with Crippen molar-refractivity contribution in [2.24, 2.45) is 0 Å². The molecule has 1 fully saturated rings. The van der Waals surface area contributed by atoms with E-state index >= 15 is 0 Å². The summed E-state index contributed by atoms with van der Waals surface area (Å²) in [6, 6.07) is 19.6. The second-order valence-corrected chi connectivity index (χ2v) is 10.8. The number of esters is 1. The van der Waals surface area contributed by atoms with E-state index in [9.17, 15) is 27.6 Å². The molecule has 39 heavy (non-hydrogen) atoms. The van der Waals surface area contributed by atoms with Gasteiger partial charge in [0, 0.05) is 0 Å². The summed E-state index contributed by atoms with van der Waals surface area (Å²) in [5, 5.41) is 0. The molecule has 0 saturated carbocycles. The van der Waals surface area contributed by atoms with Crippen molar-refractivity contribution >= 4 is 33.8 Å². The number of hydrogen-bond acceptors (Lipinski definition) is 8. The van der Waals surface area contributed by atoms with Gasteiger partial charge in [-0.05, 0) is 23.3 Å². The lowest BCUT2D eigenvalue weighted by atomic mass is 9.88. The Balaban J connectivity index is 1.51. The first kappa shape index (κ1) is 26.3. The first-order valence-electron chi connectivity index (χ1n) is 12.1. The SMILES string of the molecule is CS(=O)(=O)OC[C@H](c1ccccc1)N1C(=O)[C@@H](N2C(=O)c3ccccc3C2=O)[C@H]1C(=O)OCc1ccccc1. The molecule has 2 heterocycles. The number of β-lactam (4-membered cyclic amide) rings is 1. The zero-order valence-corrected chi connectivity index (χ0v) is 21.6.